The SMILES string of the molecule is COC(=O)/C=C/CC[C@H](NC(=O)c1cccnn1)C(=O)Nc1cccn(CC(=O)NC2C3CC4CC(C3)CC2C4)c1=O. The Kier molecular flexibility index (Phi) is 9.09. The van der Waals surface area contributed by atoms with Crippen LogP contribution in [0.25, 0.3) is 0 Å². The van der Waals surface area contributed by atoms with Gasteiger partial charge in [-0.25, -0.2) is 4.79 Å². The molecule has 3 amide bonds. The molecule has 6 rings (SSSR count). The fourth-order valence-corrected chi connectivity index (χ4v) is 6.96. The molecule has 12 nitrogen and oxygen atoms in total. The van der Waals surface area contributed by atoms with Gasteiger partial charge in [-0.05, 0) is 92.9 Å². The topological polar surface area (TPSA) is 161 Å². The van der Waals surface area contributed by atoms with Crippen molar-refractivity contribution in [1.82, 2.24) is 25.4 Å². The van der Waals surface area contributed by atoms with E-state index >= 15 is 0 Å². The average Bonchev–Trinajstić information content (AvgIpc) is 2.98. The molecule has 222 valence electrons. The van der Waals surface area contributed by atoms with Crippen LogP contribution in [0, 0.1) is 23.7 Å². The molecule has 0 aliphatic heterocycles. The lowest BCUT2D eigenvalue weighted by molar-refractivity contribution is -0.134. The molecule has 0 unspecified atom stereocenters. The molecule has 3 N–H and O–H groups in total. The van der Waals surface area contributed by atoms with E-state index < -0.39 is 29.4 Å². The summed E-state index contributed by atoms with van der Waals surface area (Å²) < 4.78 is 5.84. The van der Waals surface area contributed by atoms with Crippen LogP contribution in [0.3, 0.4) is 0 Å². The summed E-state index contributed by atoms with van der Waals surface area (Å²) >= 11 is 0. The Morgan fingerprint density at radius 1 is 1.07 bits per heavy atom. The second-order valence-corrected chi connectivity index (χ2v) is 11.5. The fraction of sp³-hybridized carbons (Fsp3) is 0.500. The number of carbonyl (C=O) groups is 4. The number of esters is 1. The molecule has 2 aromatic heterocycles. The Morgan fingerprint density at radius 3 is 2.48 bits per heavy atom. The van der Waals surface area contributed by atoms with Crippen LogP contribution in [0.2, 0.25) is 0 Å². The molecule has 0 saturated heterocycles. The van der Waals surface area contributed by atoms with Crippen molar-refractivity contribution in [3.8, 4) is 0 Å². The van der Waals surface area contributed by atoms with E-state index in [0.717, 1.165) is 11.8 Å². The number of allylic oxidation sites excluding steroid dienone is 1. The molecule has 0 radical (unpaired) electrons. The lowest BCUT2D eigenvalue weighted by atomic mass is 9.54. The van der Waals surface area contributed by atoms with Gasteiger partial charge in [0, 0.05) is 24.5 Å². The van der Waals surface area contributed by atoms with E-state index in [4.69, 9.17) is 0 Å². The number of nitrogens with one attached hydrogen (secondary N) is 3. The van der Waals surface area contributed by atoms with Gasteiger partial charge in [-0.15, -0.1) is 5.10 Å². The van der Waals surface area contributed by atoms with Crippen molar-refractivity contribution in [3.05, 3.63) is 64.9 Å². The Bertz CT molecular complexity index is 1380. The van der Waals surface area contributed by atoms with Crippen molar-refractivity contribution >= 4 is 29.4 Å². The first-order chi connectivity index (χ1) is 20.3. The number of aromatic nitrogens is 3. The van der Waals surface area contributed by atoms with E-state index in [-0.39, 0.29) is 42.7 Å². The van der Waals surface area contributed by atoms with Crippen LogP contribution >= 0.6 is 0 Å². The van der Waals surface area contributed by atoms with E-state index in [1.54, 1.807) is 12.1 Å². The summed E-state index contributed by atoms with van der Waals surface area (Å²) in [6.45, 7) is -0.156. The smallest absolute Gasteiger partial charge is 0.330 e. The zero-order valence-corrected chi connectivity index (χ0v) is 23.5. The maximum absolute atomic E-state index is 13.2. The minimum atomic E-state index is -1.06. The Balaban J connectivity index is 1.23. The highest BCUT2D eigenvalue weighted by molar-refractivity contribution is 6.00. The maximum atomic E-state index is 13.2. The maximum Gasteiger partial charge on any atom is 0.330 e. The molecule has 4 bridgehead atoms. The quantitative estimate of drug-likeness (QED) is 0.270. The molecule has 4 saturated carbocycles. The summed E-state index contributed by atoms with van der Waals surface area (Å²) in [4.78, 5) is 63.6. The number of amides is 3. The predicted molar refractivity (Wildman–Crippen MR) is 152 cm³/mol. The van der Waals surface area contributed by atoms with Gasteiger partial charge in [0.05, 0.1) is 7.11 Å². The summed E-state index contributed by atoms with van der Waals surface area (Å²) in [7, 11) is 1.25. The van der Waals surface area contributed by atoms with Crippen LogP contribution < -0.4 is 21.5 Å². The van der Waals surface area contributed by atoms with Gasteiger partial charge in [0.1, 0.15) is 18.3 Å². The Labute approximate surface area is 243 Å². The van der Waals surface area contributed by atoms with Gasteiger partial charge in [0.25, 0.3) is 11.5 Å². The van der Waals surface area contributed by atoms with Gasteiger partial charge in [0.15, 0.2) is 5.69 Å². The normalized spacial score (nSPS) is 24.6. The van der Waals surface area contributed by atoms with Crippen molar-refractivity contribution in [2.45, 2.75) is 63.6 Å². The standard InChI is InChI=1S/C30H36N6O6/c1-42-26(38)9-3-2-6-22(32-29(40)23-7-4-10-31-35-23)28(39)33-24-8-5-11-36(30(24)41)17-25(37)34-27-20-13-18-12-19(15-20)16-21(27)14-18/h3-5,7-11,18-22,27H,2,6,12-17H2,1H3,(H,32,40)(H,33,39)(H,34,37)/b9-3+/t18?,19?,20?,21?,22-,27?/m0/s1. The van der Waals surface area contributed by atoms with Crippen molar-refractivity contribution in [2.75, 3.05) is 12.4 Å². The molecule has 2 heterocycles. The lowest BCUT2D eigenvalue weighted by Crippen LogP contribution is -2.56. The first-order valence-electron chi connectivity index (χ1n) is 14.4. The van der Waals surface area contributed by atoms with Crippen molar-refractivity contribution in [3.63, 3.8) is 0 Å². The molecular weight excluding hydrogens is 540 g/mol. The molecule has 1 atom stereocenters. The van der Waals surface area contributed by atoms with Crippen molar-refractivity contribution in [1.29, 1.82) is 0 Å². The molecule has 2 aromatic rings. The van der Waals surface area contributed by atoms with Gasteiger partial charge >= 0.3 is 5.97 Å². The third kappa shape index (κ3) is 6.92. The second kappa shape index (κ2) is 13.1. The molecule has 4 aliphatic carbocycles. The van der Waals surface area contributed by atoms with Crippen LogP contribution in [0.4, 0.5) is 5.69 Å². The van der Waals surface area contributed by atoms with E-state index in [1.807, 2.05) is 0 Å². The zero-order chi connectivity index (χ0) is 29.6. The van der Waals surface area contributed by atoms with Crippen LogP contribution in [-0.4, -0.2) is 57.6 Å². The summed E-state index contributed by atoms with van der Waals surface area (Å²) in [6, 6.07) is 5.14. The molecule has 0 spiro atoms. The highest BCUT2D eigenvalue weighted by Gasteiger charge is 2.48. The summed E-state index contributed by atoms with van der Waals surface area (Å²) in [5, 5.41) is 15.9. The van der Waals surface area contributed by atoms with Gasteiger partial charge < -0.3 is 25.3 Å². The van der Waals surface area contributed by atoms with Gasteiger partial charge in [-0.3, -0.25) is 19.2 Å². The number of carbonyl (C=O) groups excluding carboxylic acids is 4. The van der Waals surface area contributed by atoms with E-state index in [9.17, 15) is 24.0 Å². The Hall–Kier alpha value is -4.35. The molecule has 12 heteroatoms. The number of nitrogens with zero attached hydrogens (tertiary/aromatic N) is 3. The first kappa shape index (κ1) is 29.2. The van der Waals surface area contributed by atoms with E-state index in [2.05, 4.69) is 30.9 Å². The monoisotopic (exact) mass is 576 g/mol. The lowest BCUT2D eigenvalue weighted by Gasteiger charge is -2.54. The summed E-state index contributed by atoms with van der Waals surface area (Å²) in [5.41, 5.74) is -0.530. The van der Waals surface area contributed by atoms with E-state index in [0.29, 0.717) is 11.8 Å². The fourth-order valence-electron chi connectivity index (χ4n) is 6.96. The molecule has 42 heavy (non-hydrogen) atoms. The third-order valence-corrected chi connectivity index (χ3v) is 8.65. The minimum absolute atomic E-state index is 0.0196. The summed E-state index contributed by atoms with van der Waals surface area (Å²) in [5.74, 6) is 0.608. The first-order valence-corrected chi connectivity index (χ1v) is 14.4. The predicted octanol–water partition coefficient (Wildman–Crippen LogP) is 1.83. The Morgan fingerprint density at radius 2 is 1.81 bits per heavy atom. The highest BCUT2D eigenvalue weighted by atomic mass is 16.5. The second-order valence-electron chi connectivity index (χ2n) is 11.5. The van der Waals surface area contributed by atoms with Crippen LogP contribution in [0.5, 0.6) is 0 Å². The molecule has 4 aliphatic rings. The van der Waals surface area contributed by atoms with Gasteiger partial charge in [-0.1, -0.05) is 6.08 Å². The summed E-state index contributed by atoms with van der Waals surface area (Å²) in [6.07, 6.45) is 12.1. The average molecular weight is 577 g/mol. The molecular formula is C30H36N6O6. The molecule has 0 aromatic carbocycles. The van der Waals surface area contributed by atoms with Crippen LogP contribution in [-0.2, 0) is 25.7 Å². The number of methoxy groups -OCH3 is 1. The zero-order valence-electron chi connectivity index (χ0n) is 23.5. The number of hydrogen-bond acceptors (Lipinski definition) is 8. The number of rotatable bonds is 11. The van der Waals surface area contributed by atoms with Crippen LogP contribution in [0.15, 0.2) is 53.6 Å². The number of anilines is 1. The minimum Gasteiger partial charge on any atom is -0.466 e. The number of hydrogen-bond donors (Lipinski definition) is 3. The number of ether oxygens (including phenoxy) is 1. The number of pyridine rings is 1. The largest absolute Gasteiger partial charge is 0.466 e. The third-order valence-electron chi connectivity index (χ3n) is 8.65. The van der Waals surface area contributed by atoms with Gasteiger partial charge in [0.2, 0.25) is 11.8 Å². The molecule has 4 fully saturated rings. The van der Waals surface area contributed by atoms with E-state index in [1.165, 1.54) is 80.5 Å². The van der Waals surface area contributed by atoms with Gasteiger partial charge in [-0.2, -0.15) is 5.10 Å². The highest BCUT2D eigenvalue weighted by Crippen LogP contribution is 2.53. The van der Waals surface area contributed by atoms with Crippen molar-refractivity contribution < 1.29 is 23.9 Å². The van der Waals surface area contributed by atoms with Crippen LogP contribution in [0.1, 0.15) is 55.4 Å². The van der Waals surface area contributed by atoms with Crippen molar-refractivity contribution in [2.24, 2.45) is 23.7 Å².